The lowest BCUT2D eigenvalue weighted by atomic mass is 10.2. The normalized spacial score (nSPS) is 10.8. The molecule has 6 heteroatoms. The highest BCUT2D eigenvalue weighted by Gasteiger charge is 2.09. The van der Waals surface area contributed by atoms with E-state index in [-0.39, 0.29) is 5.15 Å². The summed E-state index contributed by atoms with van der Waals surface area (Å²) >= 11 is 17.9. The van der Waals surface area contributed by atoms with Gasteiger partial charge in [0.25, 0.3) is 0 Å². The number of nitrogens with zero attached hydrogens (tertiary/aromatic N) is 2. The van der Waals surface area contributed by atoms with Gasteiger partial charge >= 0.3 is 0 Å². The van der Waals surface area contributed by atoms with Crippen LogP contribution in [0.25, 0.3) is 10.9 Å². The number of aromatic nitrogens is 2. The molecular weight excluding hydrogens is 317 g/mol. The van der Waals surface area contributed by atoms with E-state index in [1.54, 1.807) is 12.3 Å². The van der Waals surface area contributed by atoms with Gasteiger partial charge in [-0.1, -0.05) is 40.9 Å². The number of hydrogen-bond acceptors (Lipinski definition) is 3. The van der Waals surface area contributed by atoms with Crippen molar-refractivity contribution in [3.63, 3.8) is 0 Å². The van der Waals surface area contributed by atoms with Gasteiger partial charge in [0, 0.05) is 17.3 Å². The van der Waals surface area contributed by atoms with Crippen molar-refractivity contribution in [2.75, 3.05) is 5.32 Å². The summed E-state index contributed by atoms with van der Waals surface area (Å²) in [5, 5.41) is 5.06. The topological polar surface area (TPSA) is 37.8 Å². The number of anilines is 2. The van der Waals surface area contributed by atoms with Crippen LogP contribution >= 0.6 is 34.8 Å². The zero-order valence-corrected chi connectivity index (χ0v) is 12.3. The van der Waals surface area contributed by atoms with E-state index in [1.165, 1.54) is 0 Å². The van der Waals surface area contributed by atoms with Gasteiger partial charge in [-0.15, -0.1) is 0 Å². The van der Waals surface area contributed by atoms with Gasteiger partial charge in [-0.25, -0.2) is 4.98 Å². The van der Waals surface area contributed by atoms with Crippen molar-refractivity contribution >= 4 is 57.2 Å². The van der Waals surface area contributed by atoms with Crippen LogP contribution in [0.15, 0.2) is 42.6 Å². The third-order valence-electron chi connectivity index (χ3n) is 2.79. The first-order valence-electron chi connectivity index (χ1n) is 5.77. The second-order valence-corrected chi connectivity index (χ2v) is 5.26. The van der Waals surface area contributed by atoms with E-state index in [4.69, 9.17) is 34.8 Å². The SMILES string of the molecule is Clc1cc(Cl)c(Nc2cccc3ncccc23)nc1Cl. The van der Waals surface area contributed by atoms with Crippen LogP contribution in [0.5, 0.6) is 0 Å². The second kappa shape index (κ2) is 5.44. The molecule has 0 saturated carbocycles. The molecule has 1 N–H and O–H groups in total. The van der Waals surface area contributed by atoms with Gasteiger partial charge in [-0.2, -0.15) is 0 Å². The lowest BCUT2D eigenvalue weighted by Crippen LogP contribution is -1.96. The first-order valence-corrected chi connectivity index (χ1v) is 6.91. The molecule has 1 aromatic carbocycles. The number of pyridine rings is 2. The molecule has 3 rings (SSSR count). The minimum atomic E-state index is 0.205. The first-order chi connectivity index (χ1) is 9.65. The fourth-order valence-electron chi connectivity index (χ4n) is 1.87. The highest BCUT2D eigenvalue weighted by molar-refractivity contribution is 6.43. The lowest BCUT2D eigenvalue weighted by molar-refractivity contribution is 1.31. The van der Waals surface area contributed by atoms with Crippen molar-refractivity contribution in [1.82, 2.24) is 9.97 Å². The van der Waals surface area contributed by atoms with Gasteiger partial charge in [-0.05, 0) is 30.3 Å². The summed E-state index contributed by atoms with van der Waals surface area (Å²) < 4.78 is 0. The monoisotopic (exact) mass is 323 g/mol. The zero-order valence-electron chi connectivity index (χ0n) is 10.1. The Morgan fingerprint density at radius 1 is 0.950 bits per heavy atom. The number of nitrogens with one attached hydrogen (secondary N) is 1. The standard InChI is InChI=1S/C14H8Cl3N3/c15-9-7-10(16)14(20-13(9)17)19-12-5-1-4-11-8(12)3-2-6-18-11/h1-7H,(H,19,20). The van der Waals surface area contributed by atoms with Crippen LogP contribution < -0.4 is 5.32 Å². The molecule has 2 aromatic heterocycles. The molecule has 0 amide bonds. The van der Waals surface area contributed by atoms with E-state index < -0.39 is 0 Å². The van der Waals surface area contributed by atoms with Gasteiger partial charge in [-0.3, -0.25) is 4.98 Å². The quantitative estimate of drug-likeness (QED) is 0.647. The van der Waals surface area contributed by atoms with Gasteiger partial charge in [0.2, 0.25) is 0 Å². The highest BCUT2D eigenvalue weighted by atomic mass is 35.5. The predicted octanol–water partition coefficient (Wildman–Crippen LogP) is 5.33. The lowest BCUT2D eigenvalue weighted by Gasteiger charge is -2.10. The fraction of sp³-hybridized carbons (Fsp3) is 0. The smallest absolute Gasteiger partial charge is 0.151 e. The van der Waals surface area contributed by atoms with E-state index in [9.17, 15) is 0 Å². The maximum Gasteiger partial charge on any atom is 0.151 e. The maximum absolute atomic E-state index is 6.12. The largest absolute Gasteiger partial charge is 0.338 e. The molecule has 0 bridgehead atoms. The second-order valence-electron chi connectivity index (χ2n) is 4.09. The average molecular weight is 325 g/mol. The average Bonchev–Trinajstić information content (AvgIpc) is 2.45. The Labute approximate surface area is 130 Å². The van der Waals surface area contributed by atoms with Gasteiger partial charge < -0.3 is 5.32 Å². The van der Waals surface area contributed by atoms with Crippen LogP contribution in [0.1, 0.15) is 0 Å². The maximum atomic E-state index is 6.12. The van der Waals surface area contributed by atoms with Crippen molar-refractivity contribution in [3.05, 3.63) is 57.8 Å². The summed E-state index contributed by atoms with van der Waals surface area (Å²) in [4.78, 5) is 8.44. The third kappa shape index (κ3) is 2.52. The van der Waals surface area contributed by atoms with E-state index >= 15 is 0 Å². The predicted molar refractivity (Wildman–Crippen MR) is 84.3 cm³/mol. The molecule has 3 nitrogen and oxygen atoms in total. The van der Waals surface area contributed by atoms with Crippen molar-refractivity contribution in [3.8, 4) is 0 Å². The number of rotatable bonds is 2. The Balaban J connectivity index is 2.08. The number of halogens is 3. The minimum absolute atomic E-state index is 0.205. The van der Waals surface area contributed by atoms with Gasteiger partial charge in [0.1, 0.15) is 5.15 Å². The van der Waals surface area contributed by atoms with E-state index in [1.807, 2.05) is 30.3 Å². The van der Waals surface area contributed by atoms with Gasteiger partial charge in [0.15, 0.2) is 5.82 Å². The third-order valence-corrected chi connectivity index (χ3v) is 3.75. The van der Waals surface area contributed by atoms with Crippen LogP contribution in [0.3, 0.4) is 0 Å². The minimum Gasteiger partial charge on any atom is -0.338 e. The molecule has 2 heterocycles. The van der Waals surface area contributed by atoms with Crippen LogP contribution in [0.4, 0.5) is 11.5 Å². The van der Waals surface area contributed by atoms with E-state index in [0.29, 0.717) is 15.9 Å². The van der Waals surface area contributed by atoms with Crippen molar-refractivity contribution in [2.24, 2.45) is 0 Å². The summed E-state index contributed by atoms with van der Waals surface area (Å²) in [6.45, 7) is 0. The Morgan fingerprint density at radius 3 is 2.65 bits per heavy atom. The Kier molecular flexibility index (Phi) is 3.66. The molecule has 0 saturated heterocycles. The fourth-order valence-corrected chi connectivity index (χ4v) is 2.42. The van der Waals surface area contributed by atoms with Crippen molar-refractivity contribution in [1.29, 1.82) is 0 Å². The van der Waals surface area contributed by atoms with Crippen LogP contribution in [-0.4, -0.2) is 9.97 Å². The molecule has 0 aliphatic heterocycles. The molecule has 0 aliphatic carbocycles. The van der Waals surface area contributed by atoms with Crippen LogP contribution in [0.2, 0.25) is 15.2 Å². The first kappa shape index (κ1) is 13.4. The molecule has 3 aromatic rings. The summed E-state index contributed by atoms with van der Waals surface area (Å²) in [5.41, 5.74) is 1.73. The molecule has 0 spiro atoms. The number of hydrogen-bond donors (Lipinski definition) is 1. The Hall–Kier alpha value is -1.55. The molecule has 0 aliphatic rings. The number of benzene rings is 1. The summed E-state index contributed by atoms with van der Waals surface area (Å²) in [5.74, 6) is 0.456. The molecule has 0 atom stereocenters. The Morgan fingerprint density at radius 2 is 1.80 bits per heavy atom. The summed E-state index contributed by atoms with van der Waals surface area (Å²) in [6.07, 6.45) is 1.75. The molecule has 0 unspecified atom stereocenters. The molecular formula is C14H8Cl3N3. The number of fused-ring (bicyclic) bond motifs is 1. The summed E-state index contributed by atoms with van der Waals surface area (Å²) in [6, 6.07) is 11.2. The molecule has 100 valence electrons. The Bertz CT molecular complexity index is 784. The molecule has 0 fully saturated rings. The van der Waals surface area contributed by atoms with E-state index in [2.05, 4.69) is 15.3 Å². The summed E-state index contributed by atoms with van der Waals surface area (Å²) in [7, 11) is 0. The zero-order chi connectivity index (χ0) is 14.1. The van der Waals surface area contributed by atoms with Crippen LogP contribution in [0, 0.1) is 0 Å². The molecule has 0 radical (unpaired) electrons. The van der Waals surface area contributed by atoms with Gasteiger partial charge in [0.05, 0.1) is 15.6 Å². The van der Waals surface area contributed by atoms with Crippen LogP contribution in [-0.2, 0) is 0 Å². The van der Waals surface area contributed by atoms with Crippen molar-refractivity contribution in [2.45, 2.75) is 0 Å². The molecule has 20 heavy (non-hydrogen) atoms. The van der Waals surface area contributed by atoms with Crippen molar-refractivity contribution < 1.29 is 0 Å². The highest BCUT2D eigenvalue weighted by Crippen LogP contribution is 2.32. The van der Waals surface area contributed by atoms with E-state index in [0.717, 1.165) is 16.6 Å².